The van der Waals surface area contributed by atoms with Gasteiger partial charge < -0.3 is 0 Å². The molecule has 0 aromatic heterocycles. The minimum absolute atomic E-state index is 0.851. The van der Waals surface area contributed by atoms with Gasteiger partial charge in [0.25, 0.3) is 0 Å². The van der Waals surface area contributed by atoms with Crippen LogP contribution in [-0.4, -0.2) is 24.6 Å². The summed E-state index contributed by atoms with van der Waals surface area (Å²) in [5.41, 5.74) is 0. The van der Waals surface area contributed by atoms with Crippen molar-refractivity contribution in [1.29, 1.82) is 0 Å². The van der Waals surface area contributed by atoms with Gasteiger partial charge in [0.15, 0.2) is 0 Å². The molecule has 3 atom stereocenters. The molecule has 224 valence electrons. The van der Waals surface area contributed by atoms with E-state index in [0.29, 0.717) is 0 Å². The molecule has 0 spiro atoms. The van der Waals surface area contributed by atoms with Crippen molar-refractivity contribution in [2.75, 3.05) is 24.6 Å². The SMILES string of the molecule is CCCCC(CC)C[P+](CCCC)(CC(CC)CCCC)CC(CC)CCCC.F[P-](F)(F)(F)(F)F. The zero-order valence-electron chi connectivity index (χ0n) is 24.6. The molecule has 36 heavy (non-hydrogen) atoms. The van der Waals surface area contributed by atoms with Crippen molar-refractivity contribution in [3.63, 3.8) is 0 Å². The standard InChI is InChI=1S/C28H60P.F6P/c1-8-15-19-26(12-5)23-29(22-18-11-4,24-27(13-6)20-16-9-2)25-28(14-7)21-17-10-3;1-7(2,3,4,5)6/h26-28H,8-25H2,1-7H3;/q+1;-1. The molecule has 0 rings (SSSR count). The Kier molecular flexibility index (Phi) is 19.2. The Morgan fingerprint density at radius 3 is 0.917 bits per heavy atom. The van der Waals surface area contributed by atoms with Crippen LogP contribution in [0, 0.1) is 17.8 Å². The number of rotatable bonds is 21. The second-order valence-electron chi connectivity index (χ2n) is 11.2. The Balaban J connectivity index is 0. The molecule has 0 aromatic rings. The Morgan fingerprint density at radius 1 is 0.472 bits per heavy atom. The van der Waals surface area contributed by atoms with E-state index in [1.807, 2.05) is 0 Å². The van der Waals surface area contributed by atoms with E-state index in [1.165, 1.54) is 89.9 Å². The summed E-state index contributed by atoms with van der Waals surface area (Å²) < 4.78 is 59.2. The summed E-state index contributed by atoms with van der Waals surface area (Å²) >= 11 is 0. The molecular weight excluding hydrogens is 512 g/mol. The predicted molar refractivity (Wildman–Crippen MR) is 155 cm³/mol. The first-order valence-corrected chi connectivity index (χ1v) is 19.5. The van der Waals surface area contributed by atoms with Gasteiger partial charge in [-0.15, -0.1) is 0 Å². The van der Waals surface area contributed by atoms with E-state index in [-0.39, 0.29) is 0 Å². The zero-order chi connectivity index (χ0) is 28.4. The Morgan fingerprint density at radius 2 is 0.722 bits per heavy atom. The average molecular weight is 573 g/mol. The third-order valence-electron chi connectivity index (χ3n) is 7.55. The van der Waals surface area contributed by atoms with Crippen molar-refractivity contribution in [3.05, 3.63) is 0 Å². The fourth-order valence-electron chi connectivity index (χ4n) is 5.39. The van der Waals surface area contributed by atoms with Crippen molar-refractivity contribution in [2.45, 2.75) is 138 Å². The molecule has 0 saturated heterocycles. The summed E-state index contributed by atoms with van der Waals surface area (Å²) in [6.07, 6.45) is 26.6. The Labute approximate surface area is 221 Å². The third kappa shape index (κ3) is 26.1. The van der Waals surface area contributed by atoms with E-state index in [2.05, 4.69) is 48.5 Å². The molecule has 0 nitrogen and oxygen atoms in total. The summed E-state index contributed by atoms with van der Waals surface area (Å²) in [6.45, 7) is 17.0. The molecule has 0 aliphatic rings. The van der Waals surface area contributed by atoms with E-state index < -0.39 is 15.1 Å². The number of hydrogen-bond donors (Lipinski definition) is 0. The topological polar surface area (TPSA) is 0 Å². The summed E-state index contributed by atoms with van der Waals surface area (Å²) in [4.78, 5) is 0. The van der Waals surface area contributed by atoms with Crippen LogP contribution in [0.25, 0.3) is 0 Å². The molecular formula is C28H60F6P2. The summed E-state index contributed by atoms with van der Waals surface area (Å²) in [5.74, 6) is 3.02. The Bertz CT molecular complexity index is 464. The molecule has 0 fully saturated rings. The maximum atomic E-state index is 9.87. The zero-order valence-corrected chi connectivity index (χ0v) is 26.4. The number of hydrogen-bond acceptors (Lipinski definition) is 0. The van der Waals surface area contributed by atoms with Gasteiger partial charge in [0.2, 0.25) is 0 Å². The molecule has 0 aliphatic heterocycles. The number of halogens is 6. The summed E-state index contributed by atoms with van der Waals surface area (Å²) in [6, 6.07) is 0. The molecule has 3 unspecified atom stereocenters. The fourth-order valence-corrected chi connectivity index (χ4v) is 12.0. The molecule has 0 aromatic carbocycles. The number of unbranched alkanes of at least 4 members (excludes halogenated alkanes) is 4. The second kappa shape index (κ2) is 17.9. The van der Waals surface area contributed by atoms with Gasteiger partial charge >= 0.3 is 33.0 Å². The van der Waals surface area contributed by atoms with Crippen LogP contribution in [0.2, 0.25) is 0 Å². The first kappa shape index (κ1) is 38.6. The van der Waals surface area contributed by atoms with Crippen LogP contribution < -0.4 is 0 Å². The van der Waals surface area contributed by atoms with Crippen molar-refractivity contribution in [1.82, 2.24) is 0 Å². The fraction of sp³-hybridized carbons (Fsp3) is 1.00. The molecule has 0 radical (unpaired) electrons. The Hall–Kier alpha value is 0.440. The third-order valence-corrected chi connectivity index (χ3v) is 12.7. The van der Waals surface area contributed by atoms with Gasteiger partial charge in [-0.2, -0.15) is 0 Å². The van der Waals surface area contributed by atoms with Crippen LogP contribution in [0.5, 0.6) is 0 Å². The van der Waals surface area contributed by atoms with Gasteiger partial charge in [0, 0.05) is 7.26 Å². The monoisotopic (exact) mass is 572 g/mol. The molecule has 0 amide bonds. The average Bonchev–Trinajstić information content (AvgIpc) is 2.78. The van der Waals surface area contributed by atoms with Crippen molar-refractivity contribution < 1.29 is 25.2 Å². The van der Waals surface area contributed by atoms with Crippen LogP contribution in [-0.2, 0) is 0 Å². The summed E-state index contributed by atoms with van der Waals surface area (Å²) in [7, 11) is -11.5. The van der Waals surface area contributed by atoms with Crippen LogP contribution in [0.1, 0.15) is 138 Å². The quantitative estimate of drug-likeness (QED) is 0.0948. The van der Waals surface area contributed by atoms with Gasteiger partial charge in [0.05, 0.1) is 24.6 Å². The minimum atomic E-state index is -10.7. The van der Waals surface area contributed by atoms with Gasteiger partial charge in [-0.25, -0.2) is 0 Å². The molecule has 0 aliphatic carbocycles. The van der Waals surface area contributed by atoms with E-state index in [0.717, 1.165) is 17.8 Å². The molecule has 0 saturated carbocycles. The normalized spacial score (nSPS) is 18.2. The van der Waals surface area contributed by atoms with Crippen LogP contribution in [0.4, 0.5) is 25.2 Å². The van der Waals surface area contributed by atoms with Gasteiger partial charge in [0.1, 0.15) is 0 Å². The van der Waals surface area contributed by atoms with E-state index in [4.69, 9.17) is 0 Å². The summed E-state index contributed by atoms with van der Waals surface area (Å²) in [5, 5.41) is 0. The van der Waals surface area contributed by atoms with Crippen LogP contribution in [0.3, 0.4) is 0 Å². The van der Waals surface area contributed by atoms with Gasteiger partial charge in [-0.3, -0.25) is 0 Å². The van der Waals surface area contributed by atoms with Gasteiger partial charge in [-0.05, 0) is 62.7 Å². The van der Waals surface area contributed by atoms with E-state index >= 15 is 0 Å². The second-order valence-corrected chi connectivity index (χ2v) is 17.3. The van der Waals surface area contributed by atoms with Crippen molar-refractivity contribution in [3.8, 4) is 0 Å². The van der Waals surface area contributed by atoms with Crippen LogP contribution in [0.15, 0.2) is 0 Å². The molecule has 0 N–H and O–H groups in total. The first-order valence-electron chi connectivity index (χ1n) is 14.9. The van der Waals surface area contributed by atoms with Gasteiger partial charge in [-0.1, -0.05) is 93.4 Å². The predicted octanol–water partition coefficient (Wildman–Crippen LogP) is 13.8. The molecule has 0 heterocycles. The molecule has 8 heteroatoms. The van der Waals surface area contributed by atoms with Crippen LogP contribution >= 0.6 is 15.1 Å². The van der Waals surface area contributed by atoms with E-state index in [9.17, 15) is 25.2 Å². The van der Waals surface area contributed by atoms with Crippen molar-refractivity contribution in [2.24, 2.45) is 17.8 Å². The van der Waals surface area contributed by atoms with E-state index in [1.54, 1.807) is 24.6 Å². The molecule has 0 bridgehead atoms. The maximum absolute atomic E-state index is 10.7. The first-order chi connectivity index (χ1) is 16.5. The van der Waals surface area contributed by atoms with Crippen molar-refractivity contribution >= 4 is 15.1 Å².